The van der Waals surface area contributed by atoms with Crippen molar-refractivity contribution in [1.29, 1.82) is 0 Å². The molecule has 0 saturated carbocycles. The van der Waals surface area contributed by atoms with Gasteiger partial charge in [-0.25, -0.2) is 15.0 Å². The Morgan fingerprint density at radius 3 is 1.69 bits per heavy atom. The third-order valence-electron chi connectivity index (χ3n) is 9.60. The fourth-order valence-corrected chi connectivity index (χ4v) is 15.3. The van der Waals surface area contributed by atoms with Crippen molar-refractivity contribution in [3.63, 3.8) is 0 Å². The standard InChI is InChI=1S/C41H30N3O2PSi/c1-48(2)37-23-22-29(41-43-39(27-14-6-3-7-15-27)42-40(44-41)28-16-8-4-9-17-28)24-35(37)47(45,30-18-10-5-11-19-30)36-25-32-31-20-12-13-21-33(31)46-34(32)26-38(36)48/h3-26H,1-2H3. The lowest BCUT2D eigenvalue weighted by molar-refractivity contribution is 0.592. The first-order valence-corrected chi connectivity index (χ1v) is 20.8. The van der Waals surface area contributed by atoms with Crippen LogP contribution in [0.3, 0.4) is 0 Å². The lowest BCUT2D eigenvalue weighted by Gasteiger charge is -2.38. The summed E-state index contributed by atoms with van der Waals surface area (Å²) in [6.45, 7) is 4.69. The molecule has 0 radical (unpaired) electrons. The van der Waals surface area contributed by atoms with E-state index >= 15 is 4.57 Å². The summed E-state index contributed by atoms with van der Waals surface area (Å²) in [5, 5.41) is 6.90. The maximum absolute atomic E-state index is 16.2. The summed E-state index contributed by atoms with van der Waals surface area (Å²) in [7, 11) is -5.71. The average Bonchev–Trinajstić information content (AvgIpc) is 3.52. The van der Waals surface area contributed by atoms with E-state index in [1.54, 1.807) is 0 Å². The molecule has 6 aromatic carbocycles. The summed E-state index contributed by atoms with van der Waals surface area (Å²) < 4.78 is 22.5. The Balaban J connectivity index is 1.32. The highest BCUT2D eigenvalue weighted by molar-refractivity contribution is 7.87. The molecule has 5 nitrogen and oxygen atoms in total. The molecule has 9 rings (SSSR count). The number of rotatable bonds is 4. The molecule has 1 aliphatic heterocycles. The topological polar surface area (TPSA) is 68.9 Å². The van der Waals surface area contributed by atoms with Gasteiger partial charge in [-0.05, 0) is 34.6 Å². The molecule has 48 heavy (non-hydrogen) atoms. The van der Waals surface area contributed by atoms with Crippen LogP contribution in [0.15, 0.2) is 150 Å². The summed E-state index contributed by atoms with van der Waals surface area (Å²) >= 11 is 0. The van der Waals surface area contributed by atoms with Crippen LogP contribution < -0.4 is 26.3 Å². The van der Waals surface area contributed by atoms with Crippen molar-refractivity contribution in [3.8, 4) is 34.2 Å². The largest absolute Gasteiger partial charge is 0.456 e. The summed E-state index contributed by atoms with van der Waals surface area (Å²) in [5.41, 5.74) is 4.30. The van der Waals surface area contributed by atoms with Gasteiger partial charge in [-0.15, -0.1) is 0 Å². The Labute approximate surface area is 279 Å². The third-order valence-corrected chi connectivity index (χ3v) is 16.7. The maximum Gasteiger partial charge on any atom is 0.170 e. The van der Waals surface area contributed by atoms with Crippen LogP contribution >= 0.6 is 7.14 Å². The van der Waals surface area contributed by atoms with Crippen molar-refractivity contribution in [2.45, 2.75) is 13.1 Å². The van der Waals surface area contributed by atoms with Crippen molar-refractivity contribution >= 4 is 63.4 Å². The zero-order valence-corrected chi connectivity index (χ0v) is 28.4. The van der Waals surface area contributed by atoms with E-state index in [0.29, 0.717) is 17.5 Å². The Bertz CT molecular complexity index is 2510. The molecule has 1 aliphatic rings. The van der Waals surface area contributed by atoms with E-state index in [9.17, 15) is 0 Å². The molecule has 0 saturated heterocycles. The van der Waals surface area contributed by atoms with Crippen molar-refractivity contribution < 1.29 is 8.98 Å². The van der Waals surface area contributed by atoms with Crippen LogP contribution in [0, 0.1) is 0 Å². The highest BCUT2D eigenvalue weighted by Crippen LogP contribution is 2.46. The molecule has 0 spiro atoms. The molecular formula is C41H30N3O2PSi. The third kappa shape index (κ3) is 4.37. The Morgan fingerprint density at radius 1 is 0.500 bits per heavy atom. The van der Waals surface area contributed by atoms with Gasteiger partial charge in [0, 0.05) is 43.4 Å². The minimum absolute atomic E-state index is 0.548. The lowest BCUT2D eigenvalue weighted by atomic mass is 10.1. The van der Waals surface area contributed by atoms with Gasteiger partial charge >= 0.3 is 0 Å². The number of benzene rings is 6. The van der Waals surface area contributed by atoms with Gasteiger partial charge in [-0.3, -0.25) is 0 Å². The molecule has 1 unspecified atom stereocenters. The SMILES string of the molecule is C[Si]1(C)c2ccc(-c3nc(-c4ccccc4)nc(-c4ccccc4)n3)cc2P(=O)(c2ccccc2)c2cc3c(cc21)oc1ccccc13. The molecule has 2 aromatic heterocycles. The molecule has 7 heteroatoms. The molecule has 8 aromatic rings. The predicted octanol–water partition coefficient (Wildman–Crippen LogP) is 7.55. The molecular weight excluding hydrogens is 626 g/mol. The van der Waals surface area contributed by atoms with Crippen molar-refractivity contribution in [1.82, 2.24) is 15.0 Å². The second kappa shape index (κ2) is 10.8. The quantitative estimate of drug-likeness (QED) is 0.145. The van der Waals surface area contributed by atoms with Gasteiger partial charge in [0.05, 0.1) is 0 Å². The number of fused-ring (bicyclic) bond motifs is 5. The first-order valence-electron chi connectivity index (χ1n) is 16.1. The van der Waals surface area contributed by atoms with Crippen LogP contribution in [0.25, 0.3) is 56.1 Å². The summed E-state index contributed by atoms with van der Waals surface area (Å²) in [6.07, 6.45) is 0. The van der Waals surface area contributed by atoms with Gasteiger partial charge in [0.2, 0.25) is 0 Å². The summed E-state index contributed by atoms with van der Waals surface area (Å²) in [4.78, 5) is 14.9. The van der Waals surface area contributed by atoms with Crippen LogP contribution in [0.1, 0.15) is 0 Å². The van der Waals surface area contributed by atoms with E-state index in [1.807, 2.05) is 109 Å². The fraction of sp³-hybridized carbons (Fsp3) is 0.0488. The second-order valence-corrected chi connectivity index (χ2v) is 19.8. The highest BCUT2D eigenvalue weighted by Gasteiger charge is 2.46. The number of nitrogens with zero attached hydrogens (tertiary/aromatic N) is 3. The van der Waals surface area contributed by atoms with Crippen LogP contribution in [-0.2, 0) is 4.57 Å². The zero-order valence-electron chi connectivity index (χ0n) is 26.5. The summed E-state index contributed by atoms with van der Waals surface area (Å²) in [5.74, 6) is 1.74. The Kier molecular flexibility index (Phi) is 6.48. The van der Waals surface area contributed by atoms with Gasteiger partial charge in [0.25, 0.3) is 0 Å². The predicted molar refractivity (Wildman–Crippen MR) is 200 cm³/mol. The fourth-order valence-electron chi connectivity index (χ4n) is 7.11. The molecule has 230 valence electrons. The van der Waals surface area contributed by atoms with Gasteiger partial charge in [-0.1, -0.05) is 134 Å². The van der Waals surface area contributed by atoms with Gasteiger partial charge in [0.15, 0.2) is 24.6 Å². The van der Waals surface area contributed by atoms with E-state index in [0.717, 1.165) is 64.9 Å². The van der Waals surface area contributed by atoms with Crippen LogP contribution in [0.2, 0.25) is 13.1 Å². The summed E-state index contributed by atoms with van der Waals surface area (Å²) in [6, 6.07) is 48.7. The second-order valence-electron chi connectivity index (χ2n) is 12.8. The molecule has 0 aliphatic carbocycles. The van der Waals surface area contributed by atoms with Crippen LogP contribution in [-0.4, -0.2) is 23.0 Å². The molecule has 0 bridgehead atoms. The zero-order chi connectivity index (χ0) is 32.5. The first kappa shape index (κ1) is 28.8. The molecule has 0 N–H and O–H groups in total. The molecule has 3 heterocycles. The van der Waals surface area contributed by atoms with Crippen LogP contribution in [0.4, 0.5) is 0 Å². The molecule has 1 atom stereocenters. The Hall–Kier alpha value is -5.42. The lowest BCUT2D eigenvalue weighted by Crippen LogP contribution is -2.67. The highest BCUT2D eigenvalue weighted by atomic mass is 31.2. The molecule has 0 amide bonds. The van der Waals surface area contributed by atoms with E-state index in [4.69, 9.17) is 19.4 Å². The number of furan rings is 1. The van der Waals surface area contributed by atoms with Crippen molar-refractivity contribution in [2.24, 2.45) is 0 Å². The van der Waals surface area contributed by atoms with Crippen molar-refractivity contribution in [2.75, 3.05) is 0 Å². The van der Waals surface area contributed by atoms with E-state index in [-0.39, 0.29) is 0 Å². The smallest absolute Gasteiger partial charge is 0.170 e. The van der Waals surface area contributed by atoms with E-state index < -0.39 is 15.2 Å². The van der Waals surface area contributed by atoms with Gasteiger partial charge in [0.1, 0.15) is 19.2 Å². The number of hydrogen-bond acceptors (Lipinski definition) is 5. The van der Waals surface area contributed by atoms with E-state index in [1.165, 1.54) is 0 Å². The molecule has 0 fully saturated rings. The Morgan fingerprint density at radius 2 is 1.04 bits per heavy atom. The van der Waals surface area contributed by atoms with Crippen LogP contribution in [0.5, 0.6) is 0 Å². The monoisotopic (exact) mass is 655 g/mol. The minimum atomic E-state index is -3.35. The maximum atomic E-state index is 16.2. The minimum Gasteiger partial charge on any atom is -0.456 e. The average molecular weight is 656 g/mol. The number of hydrogen-bond donors (Lipinski definition) is 0. The van der Waals surface area contributed by atoms with Gasteiger partial charge in [-0.2, -0.15) is 0 Å². The first-order chi connectivity index (χ1) is 23.4. The normalized spacial score (nSPS) is 16.5. The number of aromatic nitrogens is 3. The number of para-hydroxylation sites is 1. The van der Waals surface area contributed by atoms with Crippen molar-refractivity contribution in [3.05, 3.63) is 146 Å². The van der Waals surface area contributed by atoms with E-state index in [2.05, 4.69) is 49.5 Å². The van der Waals surface area contributed by atoms with Gasteiger partial charge < -0.3 is 8.98 Å².